The first-order chi connectivity index (χ1) is 9.93. The minimum atomic E-state index is 0.108. The van der Waals surface area contributed by atoms with E-state index in [1.807, 2.05) is 12.1 Å². The van der Waals surface area contributed by atoms with Crippen LogP contribution in [-0.4, -0.2) is 22.9 Å². The first-order valence-electron chi connectivity index (χ1n) is 7.11. The number of nitrogens with two attached hydrogens (primary N) is 1. The summed E-state index contributed by atoms with van der Waals surface area (Å²) in [5.74, 6) is 1.37. The number of benzene rings is 1. The summed E-state index contributed by atoms with van der Waals surface area (Å²) >= 11 is 1.71. The van der Waals surface area contributed by atoms with Gasteiger partial charge in [-0.05, 0) is 42.4 Å². The number of rotatable bonds is 5. The van der Waals surface area contributed by atoms with Crippen LogP contribution in [-0.2, 0) is 0 Å². The van der Waals surface area contributed by atoms with Crippen molar-refractivity contribution in [2.75, 3.05) is 12.8 Å². The summed E-state index contributed by atoms with van der Waals surface area (Å²) in [6, 6.07) is 8.15. The molecule has 0 aliphatic rings. The van der Waals surface area contributed by atoms with Crippen LogP contribution in [0.5, 0.6) is 0 Å². The van der Waals surface area contributed by atoms with E-state index < -0.39 is 0 Å². The van der Waals surface area contributed by atoms with E-state index in [-0.39, 0.29) is 11.3 Å². The summed E-state index contributed by atoms with van der Waals surface area (Å²) in [7, 11) is 0. The molecule has 0 saturated heterocycles. The standard InChI is InChI=1S/C16H23N3OS/c1-16(2,3)9-12(10-17)15-18-14(19-20-15)11-5-7-13(21-4)8-6-11/h5-8,12H,9-10,17H2,1-4H3. The minimum absolute atomic E-state index is 0.108. The van der Waals surface area contributed by atoms with Crippen molar-refractivity contribution < 1.29 is 4.52 Å². The van der Waals surface area contributed by atoms with E-state index in [9.17, 15) is 0 Å². The molecule has 5 heteroatoms. The molecule has 0 aliphatic carbocycles. The fourth-order valence-electron chi connectivity index (χ4n) is 2.27. The van der Waals surface area contributed by atoms with Gasteiger partial charge in [0.1, 0.15) is 0 Å². The van der Waals surface area contributed by atoms with Crippen molar-refractivity contribution in [2.45, 2.75) is 38.0 Å². The largest absolute Gasteiger partial charge is 0.339 e. The zero-order valence-electron chi connectivity index (χ0n) is 13.1. The molecule has 1 heterocycles. The average Bonchev–Trinajstić information content (AvgIpc) is 2.93. The molecule has 114 valence electrons. The van der Waals surface area contributed by atoms with Crippen molar-refractivity contribution >= 4 is 11.8 Å². The SMILES string of the molecule is CSc1ccc(-c2noc(C(CN)CC(C)(C)C)n2)cc1. The van der Waals surface area contributed by atoms with Gasteiger partial charge in [0.15, 0.2) is 0 Å². The number of aromatic nitrogens is 2. The Morgan fingerprint density at radius 1 is 1.24 bits per heavy atom. The van der Waals surface area contributed by atoms with Crippen molar-refractivity contribution in [3.05, 3.63) is 30.2 Å². The van der Waals surface area contributed by atoms with Crippen LogP contribution in [0.15, 0.2) is 33.7 Å². The topological polar surface area (TPSA) is 64.9 Å². The summed E-state index contributed by atoms with van der Waals surface area (Å²) < 4.78 is 5.43. The van der Waals surface area contributed by atoms with Crippen molar-refractivity contribution in [1.29, 1.82) is 0 Å². The predicted octanol–water partition coefficient (Wildman–Crippen LogP) is 3.94. The first-order valence-corrected chi connectivity index (χ1v) is 8.33. The average molecular weight is 305 g/mol. The van der Waals surface area contributed by atoms with Gasteiger partial charge in [-0.3, -0.25) is 0 Å². The van der Waals surface area contributed by atoms with Crippen LogP contribution in [0.3, 0.4) is 0 Å². The second-order valence-electron chi connectivity index (χ2n) is 6.38. The van der Waals surface area contributed by atoms with Crippen LogP contribution in [0.25, 0.3) is 11.4 Å². The summed E-state index contributed by atoms with van der Waals surface area (Å²) in [5.41, 5.74) is 7.01. The molecule has 0 spiro atoms. The highest BCUT2D eigenvalue weighted by Crippen LogP contribution is 2.30. The van der Waals surface area contributed by atoms with E-state index >= 15 is 0 Å². The first kappa shape index (κ1) is 16.0. The highest BCUT2D eigenvalue weighted by atomic mass is 32.2. The molecule has 0 fully saturated rings. The third-order valence-electron chi connectivity index (χ3n) is 3.28. The monoisotopic (exact) mass is 305 g/mol. The third kappa shape index (κ3) is 4.32. The second kappa shape index (κ2) is 6.62. The van der Waals surface area contributed by atoms with E-state index in [1.54, 1.807) is 11.8 Å². The molecule has 1 aromatic heterocycles. The second-order valence-corrected chi connectivity index (χ2v) is 7.26. The minimum Gasteiger partial charge on any atom is -0.339 e. The van der Waals surface area contributed by atoms with Gasteiger partial charge in [-0.25, -0.2) is 0 Å². The molecular weight excluding hydrogens is 282 g/mol. The van der Waals surface area contributed by atoms with Gasteiger partial charge >= 0.3 is 0 Å². The fourth-order valence-corrected chi connectivity index (χ4v) is 2.68. The molecule has 0 bridgehead atoms. The van der Waals surface area contributed by atoms with Gasteiger partial charge in [0.05, 0.1) is 5.92 Å². The molecular formula is C16H23N3OS. The van der Waals surface area contributed by atoms with E-state index in [4.69, 9.17) is 10.3 Å². The Morgan fingerprint density at radius 3 is 2.43 bits per heavy atom. The van der Waals surface area contributed by atoms with Crippen LogP contribution >= 0.6 is 11.8 Å². The Labute approximate surface area is 130 Å². The van der Waals surface area contributed by atoms with Gasteiger partial charge in [0.2, 0.25) is 11.7 Å². The number of thioether (sulfide) groups is 1. The van der Waals surface area contributed by atoms with Crippen molar-refractivity contribution in [3.63, 3.8) is 0 Å². The lowest BCUT2D eigenvalue weighted by Crippen LogP contribution is -2.19. The van der Waals surface area contributed by atoms with Crippen LogP contribution in [0.1, 0.15) is 39.0 Å². The van der Waals surface area contributed by atoms with E-state index in [0.717, 1.165) is 12.0 Å². The van der Waals surface area contributed by atoms with Gasteiger partial charge < -0.3 is 10.3 Å². The number of nitrogens with zero attached hydrogens (tertiary/aromatic N) is 2. The van der Waals surface area contributed by atoms with Crippen LogP contribution in [0.4, 0.5) is 0 Å². The number of hydrogen-bond donors (Lipinski definition) is 1. The van der Waals surface area contributed by atoms with E-state index in [2.05, 4.69) is 49.3 Å². The Bertz CT molecular complexity index is 572. The zero-order valence-corrected chi connectivity index (χ0v) is 13.9. The lowest BCUT2D eigenvalue weighted by Gasteiger charge is -2.22. The van der Waals surface area contributed by atoms with Gasteiger partial charge in [0, 0.05) is 17.0 Å². The molecule has 21 heavy (non-hydrogen) atoms. The van der Waals surface area contributed by atoms with E-state index in [0.29, 0.717) is 18.3 Å². The molecule has 4 nitrogen and oxygen atoms in total. The van der Waals surface area contributed by atoms with Crippen molar-refractivity contribution in [3.8, 4) is 11.4 Å². The Hall–Kier alpha value is -1.33. The van der Waals surface area contributed by atoms with Crippen molar-refractivity contribution in [1.82, 2.24) is 10.1 Å². The maximum Gasteiger partial charge on any atom is 0.231 e. The van der Waals surface area contributed by atoms with Gasteiger partial charge in [-0.1, -0.05) is 25.9 Å². The molecule has 0 amide bonds. The molecule has 2 aromatic rings. The summed E-state index contributed by atoms with van der Waals surface area (Å²) in [6.07, 6.45) is 2.98. The molecule has 1 unspecified atom stereocenters. The molecule has 2 N–H and O–H groups in total. The molecule has 1 aromatic carbocycles. The molecule has 2 rings (SSSR count). The highest BCUT2D eigenvalue weighted by molar-refractivity contribution is 7.98. The van der Waals surface area contributed by atoms with Crippen LogP contribution in [0.2, 0.25) is 0 Å². The van der Waals surface area contributed by atoms with Crippen molar-refractivity contribution in [2.24, 2.45) is 11.1 Å². The summed E-state index contributed by atoms with van der Waals surface area (Å²) in [4.78, 5) is 5.74. The smallest absolute Gasteiger partial charge is 0.231 e. The molecule has 0 aliphatic heterocycles. The highest BCUT2D eigenvalue weighted by Gasteiger charge is 2.24. The summed E-state index contributed by atoms with van der Waals surface area (Å²) in [6.45, 7) is 7.08. The Kier molecular flexibility index (Phi) is 5.06. The summed E-state index contributed by atoms with van der Waals surface area (Å²) in [5, 5.41) is 4.09. The van der Waals surface area contributed by atoms with Crippen LogP contribution < -0.4 is 5.73 Å². The quantitative estimate of drug-likeness (QED) is 0.848. The lowest BCUT2D eigenvalue weighted by molar-refractivity contribution is 0.287. The Balaban J connectivity index is 2.19. The number of hydrogen-bond acceptors (Lipinski definition) is 5. The predicted molar refractivity (Wildman–Crippen MR) is 87.4 cm³/mol. The maximum atomic E-state index is 5.87. The Morgan fingerprint density at radius 2 is 1.90 bits per heavy atom. The maximum absolute atomic E-state index is 5.87. The molecule has 0 radical (unpaired) electrons. The zero-order chi connectivity index (χ0) is 15.5. The molecule has 1 atom stereocenters. The van der Waals surface area contributed by atoms with Gasteiger partial charge in [0.25, 0.3) is 0 Å². The van der Waals surface area contributed by atoms with Gasteiger partial charge in [-0.2, -0.15) is 4.98 Å². The van der Waals surface area contributed by atoms with Crippen LogP contribution in [0, 0.1) is 5.41 Å². The molecule has 0 saturated carbocycles. The fraction of sp³-hybridized carbons (Fsp3) is 0.500. The van der Waals surface area contributed by atoms with E-state index in [1.165, 1.54) is 4.90 Å². The third-order valence-corrected chi connectivity index (χ3v) is 4.03. The van der Waals surface area contributed by atoms with Gasteiger partial charge in [-0.15, -0.1) is 11.8 Å². The normalized spacial score (nSPS) is 13.4. The lowest BCUT2D eigenvalue weighted by atomic mass is 9.84.